The van der Waals surface area contributed by atoms with E-state index in [1.165, 1.54) is 0 Å². The minimum Gasteiger partial charge on any atom is -0.387 e. The molecule has 5 aliphatic carbocycles. The van der Waals surface area contributed by atoms with Crippen molar-refractivity contribution in [3.63, 3.8) is 0 Å². The molecule has 1 aromatic heterocycles. The SMILES string of the molecule is C=C(C)[C@H]1O[C@H]2CC[C@@]3(C)[C@@](O)(CC[C@H]4[C@@H]5OC(C)(C)[C@H]6C[C@@H]7C(=C)Cc8c(Cl)cc9[nH]c(c5c9c8[C@@]76O)[C@@]43C)[C@@]23O[C@@H]3[C@H]1O. The van der Waals surface area contributed by atoms with Gasteiger partial charge in [-0.15, -0.1) is 0 Å². The number of halogens is 1. The highest BCUT2D eigenvalue weighted by Crippen LogP contribution is 2.78. The van der Waals surface area contributed by atoms with Crippen LogP contribution in [0.15, 0.2) is 30.4 Å². The molecule has 10 rings (SSSR count). The second kappa shape index (κ2) is 7.78. The summed E-state index contributed by atoms with van der Waals surface area (Å²) in [6.07, 6.45) is 1.83. The van der Waals surface area contributed by atoms with Crippen LogP contribution in [0.4, 0.5) is 0 Å². The Kier molecular flexibility index (Phi) is 4.89. The number of aliphatic hydroxyl groups is 3. The molecule has 5 fully saturated rings. The van der Waals surface area contributed by atoms with Crippen LogP contribution in [0, 0.1) is 23.2 Å². The van der Waals surface area contributed by atoms with E-state index in [-0.39, 0.29) is 30.0 Å². The standard InChI is InChI=1S/C37H44ClNO6/c1-15(2)28-27(40)31-37(45-31)23(43-28)9-10-33(6)34(7)18(8-11-35(33,37)41)29-25-24-21(39-30(25)34)14-20(38)17-12-16(3)19-13-22(32(4,5)44-29)36(19,42)26(17)24/h14,18-19,22-23,27-29,31,39-42H,1,3,8-13H2,2,4-7H3/t18-,19+,22+,23-,27-,28+,29-,31+,33+,34+,35-,36+,37+/m0/s1. The Morgan fingerprint density at radius 2 is 1.87 bits per heavy atom. The van der Waals surface area contributed by atoms with E-state index < -0.39 is 51.5 Å². The van der Waals surface area contributed by atoms with Crippen LogP contribution in [0.3, 0.4) is 0 Å². The van der Waals surface area contributed by atoms with Crippen molar-refractivity contribution in [1.29, 1.82) is 0 Å². The molecule has 4 N–H and O–H groups in total. The summed E-state index contributed by atoms with van der Waals surface area (Å²) in [5.41, 5.74) is 1.86. The van der Waals surface area contributed by atoms with Gasteiger partial charge in [0.15, 0.2) is 5.60 Å². The minimum absolute atomic E-state index is 0.0254. The molecule has 8 heteroatoms. The quantitative estimate of drug-likeness (QED) is 0.238. The van der Waals surface area contributed by atoms with Gasteiger partial charge in [-0.05, 0) is 82.1 Å². The number of nitrogens with one attached hydrogen (secondary N) is 1. The number of H-pyrrole nitrogens is 1. The molecule has 45 heavy (non-hydrogen) atoms. The van der Waals surface area contributed by atoms with Crippen molar-refractivity contribution in [2.75, 3.05) is 0 Å². The molecule has 3 saturated carbocycles. The number of aliphatic hydroxyl groups excluding tert-OH is 1. The van der Waals surface area contributed by atoms with Crippen LogP contribution in [0.5, 0.6) is 0 Å². The molecule has 2 aromatic rings. The Morgan fingerprint density at radius 1 is 1.11 bits per heavy atom. The van der Waals surface area contributed by atoms with Gasteiger partial charge >= 0.3 is 0 Å². The van der Waals surface area contributed by atoms with Crippen LogP contribution in [-0.4, -0.2) is 61.5 Å². The summed E-state index contributed by atoms with van der Waals surface area (Å²) in [5, 5.41) is 39.1. The third-order valence-corrected chi connectivity index (χ3v) is 15.5. The highest BCUT2D eigenvalue weighted by molar-refractivity contribution is 6.32. The molecule has 1 aromatic carbocycles. The molecule has 2 saturated heterocycles. The van der Waals surface area contributed by atoms with Crippen LogP contribution in [-0.2, 0) is 31.6 Å². The highest BCUT2D eigenvalue weighted by atomic mass is 35.5. The molecule has 240 valence electrons. The summed E-state index contributed by atoms with van der Waals surface area (Å²) in [5.74, 6) is -0.0241. The zero-order valence-electron chi connectivity index (χ0n) is 26.8. The lowest BCUT2D eigenvalue weighted by Gasteiger charge is -2.66. The van der Waals surface area contributed by atoms with Gasteiger partial charge in [0, 0.05) is 55.8 Å². The zero-order valence-corrected chi connectivity index (χ0v) is 27.6. The number of aromatic amines is 1. The van der Waals surface area contributed by atoms with Gasteiger partial charge in [0.1, 0.15) is 29.5 Å². The molecular formula is C37H44ClNO6. The number of benzene rings is 1. The number of rotatable bonds is 1. The van der Waals surface area contributed by atoms with Crippen molar-refractivity contribution in [3.8, 4) is 0 Å². The molecule has 0 unspecified atom stereocenters. The van der Waals surface area contributed by atoms with Gasteiger partial charge < -0.3 is 34.5 Å². The lowest BCUT2D eigenvalue weighted by molar-refractivity contribution is -0.281. The van der Waals surface area contributed by atoms with Crippen molar-refractivity contribution in [2.24, 2.45) is 23.2 Å². The number of aromatic nitrogens is 1. The Labute approximate surface area is 269 Å². The molecule has 0 bridgehead atoms. The third kappa shape index (κ3) is 2.64. The maximum atomic E-state index is 13.2. The minimum atomic E-state index is -1.24. The van der Waals surface area contributed by atoms with Crippen LogP contribution in [0.2, 0.25) is 5.02 Å². The molecule has 13 atom stereocenters. The first-order valence-corrected chi connectivity index (χ1v) is 17.3. The van der Waals surface area contributed by atoms with E-state index in [2.05, 4.69) is 45.8 Å². The normalized spacial score (nSPS) is 52.5. The van der Waals surface area contributed by atoms with Gasteiger partial charge in [-0.2, -0.15) is 0 Å². The van der Waals surface area contributed by atoms with Crippen LogP contribution >= 0.6 is 11.6 Å². The van der Waals surface area contributed by atoms with E-state index in [1.54, 1.807) is 0 Å². The van der Waals surface area contributed by atoms with E-state index >= 15 is 0 Å². The third-order valence-electron chi connectivity index (χ3n) is 15.2. The molecule has 0 amide bonds. The van der Waals surface area contributed by atoms with Crippen LogP contribution in [0.1, 0.15) is 95.2 Å². The fraction of sp³-hybridized carbons (Fsp3) is 0.676. The van der Waals surface area contributed by atoms with Crippen molar-refractivity contribution in [2.45, 2.75) is 131 Å². The van der Waals surface area contributed by atoms with E-state index in [1.807, 2.05) is 13.0 Å². The summed E-state index contributed by atoms with van der Waals surface area (Å²) in [6.45, 7) is 19.2. The first kappa shape index (κ1) is 28.3. The Hall–Kier alpha value is -1.71. The van der Waals surface area contributed by atoms with Gasteiger partial charge in [0.25, 0.3) is 0 Å². The predicted octanol–water partition coefficient (Wildman–Crippen LogP) is 5.66. The number of ether oxygens (including phenoxy) is 3. The summed E-state index contributed by atoms with van der Waals surface area (Å²) < 4.78 is 20.4. The Balaban J connectivity index is 1.21. The molecule has 3 aliphatic heterocycles. The second-order valence-electron chi connectivity index (χ2n) is 17.0. The Bertz CT molecular complexity index is 1800. The molecule has 1 spiro atoms. The van der Waals surface area contributed by atoms with Crippen molar-refractivity contribution in [3.05, 3.63) is 57.8 Å². The van der Waals surface area contributed by atoms with Gasteiger partial charge in [-0.1, -0.05) is 44.2 Å². The second-order valence-corrected chi connectivity index (χ2v) is 17.4. The largest absolute Gasteiger partial charge is 0.387 e. The van der Waals surface area contributed by atoms with E-state index in [0.29, 0.717) is 24.3 Å². The van der Waals surface area contributed by atoms with E-state index in [0.717, 1.165) is 63.7 Å². The monoisotopic (exact) mass is 633 g/mol. The molecule has 4 heterocycles. The van der Waals surface area contributed by atoms with E-state index in [4.69, 9.17) is 25.8 Å². The zero-order chi connectivity index (χ0) is 31.6. The molecular weight excluding hydrogens is 590 g/mol. The number of hydrogen-bond acceptors (Lipinski definition) is 6. The van der Waals surface area contributed by atoms with Crippen molar-refractivity contribution < 1.29 is 29.5 Å². The molecule has 8 aliphatic rings. The number of epoxide rings is 1. The topological polar surface area (TPSA) is 107 Å². The number of hydrogen-bond donors (Lipinski definition) is 4. The highest BCUT2D eigenvalue weighted by Gasteiger charge is 2.87. The first-order chi connectivity index (χ1) is 21.1. The summed E-state index contributed by atoms with van der Waals surface area (Å²) in [4.78, 5) is 3.87. The van der Waals surface area contributed by atoms with Gasteiger partial charge in [-0.25, -0.2) is 0 Å². The summed E-state index contributed by atoms with van der Waals surface area (Å²) in [7, 11) is 0. The Morgan fingerprint density at radius 3 is 2.60 bits per heavy atom. The van der Waals surface area contributed by atoms with E-state index in [9.17, 15) is 15.3 Å². The maximum absolute atomic E-state index is 13.2. The fourth-order valence-corrected chi connectivity index (χ4v) is 13.2. The molecule has 7 nitrogen and oxygen atoms in total. The average Bonchev–Trinajstić information content (AvgIpc) is 3.55. The first-order valence-electron chi connectivity index (χ1n) is 16.9. The smallest absolute Gasteiger partial charge is 0.153 e. The van der Waals surface area contributed by atoms with Crippen LogP contribution in [0.25, 0.3) is 10.9 Å². The number of fused-ring (bicyclic) bond motifs is 5. The van der Waals surface area contributed by atoms with Crippen molar-refractivity contribution in [1.82, 2.24) is 4.98 Å². The lowest BCUT2D eigenvalue weighted by Crippen LogP contribution is -2.76. The van der Waals surface area contributed by atoms with Crippen LogP contribution < -0.4 is 0 Å². The predicted molar refractivity (Wildman–Crippen MR) is 169 cm³/mol. The summed E-state index contributed by atoms with van der Waals surface area (Å²) >= 11 is 7.06. The van der Waals surface area contributed by atoms with Gasteiger partial charge in [0.2, 0.25) is 0 Å². The fourth-order valence-electron chi connectivity index (χ4n) is 12.9. The van der Waals surface area contributed by atoms with Crippen molar-refractivity contribution >= 4 is 22.5 Å². The lowest BCUT2D eigenvalue weighted by atomic mass is 9.40. The average molecular weight is 634 g/mol. The molecule has 0 radical (unpaired) electrons. The van der Waals surface area contributed by atoms with Gasteiger partial charge in [-0.3, -0.25) is 0 Å². The summed E-state index contributed by atoms with van der Waals surface area (Å²) in [6, 6.07) is 2.02. The maximum Gasteiger partial charge on any atom is 0.153 e. The van der Waals surface area contributed by atoms with Gasteiger partial charge in [0.05, 0.1) is 17.8 Å².